The SMILES string of the molecule is CC(C)=CCCC(C)=CCCC(C)=CCCCCOCCCOCCCN. The first-order chi connectivity index (χ1) is 13.1. The molecule has 0 aliphatic rings. The van der Waals surface area contributed by atoms with Gasteiger partial charge in [-0.1, -0.05) is 34.9 Å². The molecule has 0 amide bonds. The Hall–Kier alpha value is -0.900. The lowest BCUT2D eigenvalue weighted by Crippen LogP contribution is -2.06. The number of hydrogen-bond acceptors (Lipinski definition) is 3. The molecular formula is C24H45NO2. The van der Waals surface area contributed by atoms with E-state index in [1.165, 1.54) is 55.2 Å². The molecule has 158 valence electrons. The first-order valence-electron chi connectivity index (χ1n) is 10.9. The van der Waals surface area contributed by atoms with E-state index in [4.69, 9.17) is 15.2 Å². The smallest absolute Gasteiger partial charge is 0.0487 e. The zero-order valence-electron chi connectivity index (χ0n) is 18.5. The quantitative estimate of drug-likeness (QED) is 0.223. The van der Waals surface area contributed by atoms with E-state index in [9.17, 15) is 0 Å². The molecule has 0 fully saturated rings. The maximum atomic E-state index is 5.65. The van der Waals surface area contributed by atoms with E-state index in [1.807, 2.05) is 0 Å². The zero-order valence-corrected chi connectivity index (χ0v) is 18.5. The Kier molecular flexibility index (Phi) is 19.2. The molecule has 0 aliphatic heterocycles. The van der Waals surface area contributed by atoms with Crippen molar-refractivity contribution in [2.45, 2.75) is 85.5 Å². The number of hydrogen-bond donors (Lipinski definition) is 1. The van der Waals surface area contributed by atoms with Crippen LogP contribution in [0.2, 0.25) is 0 Å². The molecule has 0 heterocycles. The van der Waals surface area contributed by atoms with Crippen LogP contribution in [-0.4, -0.2) is 33.0 Å². The lowest BCUT2D eigenvalue weighted by Gasteiger charge is -2.05. The van der Waals surface area contributed by atoms with Crippen LogP contribution < -0.4 is 5.73 Å². The monoisotopic (exact) mass is 379 g/mol. The summed E-state index contributed by atoms with van der Waals surface area (Å²) in [4.78, 5) is 0. The van der Waals surface area contributed by atoms with Gasteiger partial charge in [0.1, 0.15) is 0 Å². The van der Waals surface area contributed by atoms with Crippen LogP contribution in [0, 0.1) is 0 Å². The standard InChI is InChI=1S/C24H45NO2/c1-22(2)12-8-14-24(4)16-9-15-23(3)13-6-5-7-18-26-20-11-21-27-19-10-17-25/h12-13,16H,5-11,14-15,17-21,25H2,1-4H3. The van der Waals surface area contributed by atoms with E-state index in [0.717, 1.165) is 45.7 Å². The van der Waals surface area contributed by atoms with Crippen LogP contribution in [0.4, 0.5) is 0 Å². The summed E-state index contributed by atoms with van der Waals surface area (Å²) in [5.41, 5.74) is 9.86. The normalized spacial score (nSPS) is 12.5. The van der Waals surface area contributed by atoms with Gasteiger partial charge in [0.25, 0.3) is 0 Å². The van der Waals surface area contributed by atoms with Gasteiger partial charge in [-0.25, -0.2) is 0 Å². The summed E-state index contributed by atoms with van der Waals surface area (Å²) in [7, 11) is 0. The van der Waals surface area contributed by atoms with Crippen LogP contribution in [0.1, 0.15) is 85.5 Å². The van der Waals surface area contributed by atoms with Gasteiger partial charge in [-0.15, -0.1) is 0 Å². The van der Waals surface area contributed by atoms with Gasteiger partial charge in [0, 0.05) is 26.4 Å². The molecule has 3 heteroatoms. The van der Waals surface area contributed by atoms with Crippen molar-refractivity contribution in [3.05, 3.63) is 34.9 Å². The van der Waals surface area contributed by atoms with E-state index in [0.29, 0.717) is 6.54 Å². The molecule has 3 nitrogen and oxygen atoms in total. The fourth-order valence-corrected chi connectivity index (χ4v) is 2.69. The summed E-state index contributed by atoms with van der Waals surface area (Å²) < 4.78 is 11.1. The van der Waals surface area contributed by atoms with Gasteiger partial charge in [0.15, 0.2) is 0 Å². The van der Waals surface area contributed by atoms with E-state index in [-0.39, 0.29) is 0 Å². The lowest BCUT2D eigenvalue weighted by molar-refractivity contribution is 0.0810. The number of allylic oxidation sites excluding steroid dienone is 6. The molecule has 0 unspecified atom stereocenters. The number of unbranched alkanes of at least 4 members (excludes halogenated alkanes) is 2. The van der Waals surface area contributed by atoms with Gasteiger partial charge >= 0.3 is 0 Å². The second-order valence-electron chi connectivity index (χ2n) is 7.68. The maximum Gasteiger partial charge on any atom is 0.0487 e. The molecule has 0 aromatic heterocycles. The van der Waals surface area contributed by atoms with Crippen molar-refractivity contribution >= 4 is 0 Å². The lowest BCUT2D eigenvalue weighted by atomic mass is 10.1. The molecule has 0 saturated heterocycles. The van der Waals surface area contributed by atoms with Crippen LogP contribution in [0.15, 0.2) is 34.9 Å². The molecule has 0 aromatic carbocycles. The molecule has 0 rings (SSSR count). The summed E-state index contributed by atoms with van der Waals surface area (Å²) in [5, 5.41) is 0. The van der Waals surface area contributed by atoms with Crippen LogP contribution in [0.3, 0.4) is 0 Å². The average molecular weight is 380 g/mol. The molecule has 0 saturated carbocycles. The number of ether oxygens (including phenoxy) is 2. The van der Waals surface area contributed by atoms with Gasteiger partial charge in [-0.05, 0) is 92.0 Å². The molecule has 0 spiro atoms. The fraction of sp³-hybridized carbons (Fsp3) is 0.750. The van der Waals surface area contributed by atoms with Crippen LogP contribution in [-0.2, 0) is 9.47 Å². The maximum absolute atomic E-state index is 5.65. The Morgan fingerprint density at radius 3 is 1.74 bits per heavy atom. The second kappa shape index (κ2) is 19.9. The van der Waals surface area contributed by atoms with Crippen LogP contribution >= 0.6 is 0 Å². The van der Waals surface area contributed by atoms with Crippen molar-refractivity contribution in [1.82, 2.24) is 0 Å². The molecule has 0 atom stereocenters. The molecule has 0 aromatic rings. The first-order valence-corrected chi connectivity index (χ1v) is 10.9. The molecule has 0 aliphatic carbocycles. The summed E-state index contributed by atoms with van der Waals surface area (Å²) >= 11 is 0. The third-order valence-electron chi connectivity index (χ3n) is 4.43. The minimum Gasteiger partial charge on any atom is -0.381 e. The van der Waals surface area contributed by atoms with E-state index in [1.54, 1.807) is 0 Å². The summed E-state index contributed by atoms with van der Waals surface area (Å²) in [6.07, 6.45) is 17.3. The Bertz CT molecular complexity index is 420. The Morgan fingerprint density at radius 1 is 0.630 bits per heavy atom. The topological polar surface area (TPSA) is 44.5 Å². The highest BCUT2D eigenvalue weighted by Gasteiger charge is 1.94. The first kappa shape index (κ1) is 26.1. The van der Waals surface area contributed by atoms with Crippen molar-refractivity contribution in [1.29, 1.82) is 0 Å². The fourth-order valence-electron chi connectivity index (χ4n) is 2.69. The Labute approximate surface area is 169 Å². The van der Waals surface area contributed by atoms with E-state index >= 15 is 0 Å². The Balaban J connectivity index is 3.51. The van der Waals surface area contributed by atoms with Crippen LogP contribution in [0.25, 0.3) is 0 Å². The highest BCUT2D eigenvalue weighted by molar-refractivity contribution is 5.05. The second-order valence-corrected chi connectivity index (χ2v) is 7.68. The predicted molar refractivity (Wildman–Crippen MR) is 119 cm³/mol. The largest absolute Gasteiger partial charge is 0.381 e. The van der Waals surface area contributed by atoms with Crippen molar-refractivity contribution in [3.63, 3.8) is 0 Å². The van der Waals surface area contributed by atoms with E-state index < -0.39 is 0 Å². The highest BCUT2D eigenvalue weighted by atomic mass is 16.5. The summed E-state index contributed by atoms with van der Waals surface area (Å²) in [5.74, 6) is 0. The molecule has 0 bridgehead atoms. The van der Waals surface area contributed by atoms with Gasteiger partial charge in [0.05, 0.1) is 0 Å². The molecule has 27 heavy (non-hydrogen) atoms. The van der Waals surface area contributed by atoms with Gasteiger partial charge < -0.3 is 15.2 Å². The third kappa shape index (κ3) is 21.3. The molecule has 0 radical (unpaired) electrons. The third-order valence-corrected chi connectivity index (χ3v) is 4.43. The number of rotatable bonds is 18. The Morgan fingerprint density at radius 2 is 1.15 bits per heavy atom. The average Bonchev–Trinajstić information content (AvgIpc) is 2.62. The number of nitrogens with two attached hydrogens (primary N) is 1. The molecular weight excluding hydrogens is 334 g/mol. The minimum atomic E-state index is 0.706. The zero-order chi connectivity index (χ0) is 20.2. The molecule has 2 N–H and O–H groups in total. The predicted octanol–water partition coefficient (Wildman–Crippen LogP) is 6.35. The van der Waals surface area contributed by atoms with Crippen LogP contribution in [0.5, 0.6) is 0 Å². The summed E-state index contributed by atoms with van der Waals surface area (Å²) in [6.45, 7) is 12.8. The highest BCUT2D eigenvalue weighted by Crippen LogP contribution is 2.12. The van der Waals surface area contributed by atoms with Crippen molar-refractivity contribution in [3.8, 4) is 0 Å². The van der Waals surface area contributed by atoms with Crippen molar-refractivity contribution < 1.29 is 9.47 Å². The van der Waals surface area contributed by atoms with E-state index in [2.05, 4.69) is 45.9 Å². The van der Waals surface area contributed by atoms with Gasteiger partial charge in [-0.2, -0.15) is 0 Å². The van der Waals surface area contributed by atoms with Gasteiger partial charge in [-0.3, -0.25) is 0 Å². The van der Waals surface area contributed by atoms with Gasteiger partial charge in [0.2, 0.25) is 0 Å². The van der Waals surface area contributed by atoms with Crippen molar-refractivity contribution in [2.75, 3.05) is 33.0 Å². The minimum absolute atomic E-state index is 0.706. The summed E-state index contributed by atoms with van der Waals surface area (Å²) in [6, 6.07) is 0. The van der Waals surface area contributed by atoms with Crippen molar-refractivity contribution in [2.24, 2.45) is 5.73 Å².